The smallest absolute Gasteiger partial charge is 0.338 e. The van der Waals surface area contributed by atoms with Crippen LogP contribution in [-0.4, -0.2) is 45.5 Å². The highest BCUT2D eigenvalue weighted by Gasteiger charge is 2.28. The fraction of sp³-hybridized carbons (Fsp3) is 0.120. The van der Waals surface area contributed by atoms with Gasteiger partial charge >= 0.3 is 5.97 Å². The second-order valence-electron chi connectivity index (χ2n) is 7.71. The van der Waals surface area contributed by atoms with Crippen molar-refractivity contribution in [2.45, 2.75) is 4.90 Å². The summed E-state index contributed by atoms with van der Waals surface area (Å²) in [4.78, 5) is 34.9. The maximum Gasteiger partial charge on any atom is 0.338 e. The van der Waals surface area contributed by atoms with E-state index in [1.807, 2.05) is 0 Å². The van der Waals surface area contributed by atoms with Crippen LogP contribution in [0.25, 0.3) is 0 Å². The number of benzene rings is 3. The van der Waals surface area contributed by atoms with Gasteiger partial charge in [-0.25, -0.2) is 13.2 Å². The molecule has 0 heterocycles. The molecule has 0 fully saturated rings. The van der Waals surface area contributed by atoms with Gasteiger partial charge in [0.05, 0.1) is 46.6 Å². The van der Waals surface area contributed by atoms with Crippen LogP contribution in [0.5, 0.6) is 5.75 Å². The zero-order valence-corrected chi connectivity index (χ0v) is 22.6. The molecule has 0 radical (unpaired) electrons. The number of nitrogens with zero attached hydrogens (tertiary/aromatic N) is 2. The lowest BCUT2D eigenvalue weighted by Crippen LogP contribution is -2.31. The number of halogens is 2. The lowest BCUT2D eigenvalue weighted by Gasteiger charge is -2.24. The predicted molar refractivity (Wildman–Crippen MR) is 146 cm³/mol. The number of ether oxygens (including phenoxy) is 2. The predicted octanol–water partition coefficient (Wildman–Crippen LogP) is 5.09. The minimum Gasteiger partial charge on any atom is -0.494 e. The molecular weight excluding hydrogens is 573 g/mol. The molecule has 3 rings (SSSR count). The second kappa shape index (κ2) is 12.6. The molecule has 0 saturated heterocycles. The first-order valence-corrected chi connectivity index (χ1v) is 13.2. The number of methoxy groups -OCH3 is 1. The molecule has 0 aliphatic carbocycles. The summed E-state index contributed by atoms with van der Waals surface area (Å²) in [6.07, 6.45) is 1.39. The second-order valence-corrected chi connectivity index (χ2v) is 10.4. The quantitative estimate of drug-likeness (QED) is 0.140. The number of sulfonamides is 1. The molecule has 0 atom stereocenters. The molecule has 0 aliphatic heterocycles. The van der Waals surface area contributed by atoms with Crippen molar-refractivity contribution in [3.63, 3.8) is 0 Å². The number of nitrogens with one attached hydrogen (secondary N) is 1. The Morgan fingerprint density at radius 2 is 1.79 bits per heavy atom. The van der Waals surface area contributed by atoms with Crippen LogP contribution in [0, 0.1) is 10.1 Å². The Balaban J connectivity index is 1.78. The molecule has 3 aromatic carbocycles. The Kier molecular flexibility index (Phi) is 9.51. The van der Waals surface area contributed by atoms with Crippen molar-refractivity contribution < 1.29 is 32.4 Å². The van der Waals surface area contributed by atoms with Gasteiger partial charge in [0.2, 0.25) is 0 Å². The zero-order valence-electron chi connectivity index (χ0n) is 20.3. The monoisotopic (exact) mass is 593 g/mol. The summed E-state index contributed by atoms with van der Waals surface area (Å²) in [6, 6.07) is 13.1. The molecule has 1 N–H and O–H groups in total. The van der Waals surface area contributed by atoms with E-state index in [2.05, 4.69) is 11.9 Å². The largest absolute Gasteiger partial charge is 0.494 e. The van der Waals surface area contributed by atoms with Crippen molar-refractivity contribution in [3.05, 3.63) is 99.0 Å². The highest BCUT2D eigenvalue weighted by molar-refractivity contribution is 7.93. The number of rotatable bonds is 11. The maximum absolute atomic E-state index is 13.5. The summed E-state index contributed by atoms with van der Waals surface area (Å²) >= 11 is 12.1. The van der Waals surface area contributed by atoms with Crippen molar-refractivity contribution in [2.75, 3.05) is 29.9 Å². The fourth-order valence-electron chi connectivity index (χ4n) is 3.31. The number of amides is 1. The van der Waals surface area contributed by atoms with Crippen molar-refractivity contribution >= 4 is 62.2 Å². The molecule has 0 spiro atoms. The third-order valence-corrected chi connectivity index (χ3v) is 7.68. The minimum atomic E-state index is -4.27. The van der Waals surface area contributed by atoms with E-state index in [0.717, 1.165) is 16.4 Å². The van der Waals surface area contributed by atoms with Gasteiger partial charge in [0.25, 0.3) is 21.6 Å². The van der Waals surface area contributed by atoms with Crippen molar-refractivity contribution in [2.24, 2.45) is 0 Å². The van der Waals surface area contributed by atoms with E-state index in [1.54, 1.807) is 0 Å². The van der Waals surface area contributed by atoms with Gasteiger partial charge in [0.15, 0.2) is 6.61 Å². The Morgan fingerprint density at radius 3 is 2.41 bits per heavy atom. The van der Waals surface area contributed by atoms with E-state index < -0.39 is 33.4 Å². The lowest BCUT2D eigenvalue weighted by atomic mass is 10.2. The molecule has 0 saturated carbocycles. The number of non-ortho nitro benzene ring substituents is 1. The summed E-state index contributed by atoms with van der Waals surface area (Å²) in [7, 11) is -3.00. The van der Waals surface area contributed by atoms with Crippen LogP contribution in [-0.2, 0) is 19.6 Å². The maximum atomic E-state index is 13.5. The number of nitro benzene ring substituents is 1. The summed E-state index contributed by atoms with van der Waals surface area (Å²) in [6.45, 7) is 2.76. The van der Waals surface area contributed by atoms with Gasteiger partial charge in [-0.05, 0) is 48.5 Å². The van der Waals surface area contributed by atoms with Crippen LogP contribution in [0.3, 0.4) is 0 Å². The molecule has 0 bridgehead atoms. The summed E-state index contributed by atoms with van der Waals surface area (Å²) < 4.78 is 38.1. The van der Waals surface area contributed by atoms with E-state index >= 15 is 0 Å². The number of hydrogen-bond acceptors (Lipinski definition) is 8. The molecule has 3 aromatic rings. The van der Waals surface area contributed by atoms with Crippen molar-refractivity contribution in [1.29, 1.82) is 0 Å². The first kappa shape index (κ1) is 29.4. The van der Waals surface area contributed by atoms with Gasteiger partial charge in [0, 0.05) is 11.1 Å². The number of hydrogen-bond donors (Lipinski definition) is 1. The highest BCUT2D eigenvalue weighted by atomic mass is 35.5. The van der Waals surface area contributed by atoms with Gasteiger partial charge in [-0.2, -0.15) is 0 Å². The lowest BCUT2D eigenvalue weighted by molar-refractivity contribution is -0.384. The van der Waals surface area contributed by atoms with Crippen LogP contribution in [0.2, 0.25) is 10.0 Å². The third-order valence-electron chi connectivity index (χ3n) is 5.15. The van der Waals surface area contributed by atoms with Crippen molar-refractivity contribution in [3.8, 4) is 5.75 Å². The van der Waals surface area contributed by atoms with Gasteiger partial charge in [-0.1, -0.05) is 29.3 Å². The van der Waals surface area contributed by atoms with Crippen LogP contribution >= 0.6 is 23.2 Å². The van der Waals surface area contributed by atoms with Gasteiger partial charge < -0.3 is 14.8 Å². The van der Waals surface area contributed by atoms with Crippen LogP contribution in [0.4, 0.5) is 17.1 Å². The number of nitro groups is 1. The molecular formula is C25H21Cl2N3O8S. The number of carbonyl (C=O) groups excluding carboxylic acids is 2. The first-order valence-electron chi connectivity index (χ1n) is 11.0. The average molecular weight is 594 g/mol. The Morgan fingerprint density at radius 1 is 1.10 bits per heavy atom. The van der Waals surface area contributed by atoms with E-state index in [0.29, 0.717) is 10.7 Å². The normalized spacial score (nSPS) is 10.8. The number of anilines is 2. The summed E-state index contributed by atoms with van der Waals surface area (Å²) in [5, 5.41) is 13.6. The third kappa shape index (κ3) is 7.05. The molecule has 1 amide bonds. The number of carbonyl (C=O) groups is 2. The average Bonchev–Trinajstić information content (AvgIpc) is 2.91. The molecule has 0 aliphatic rings. The molecule has 11 nitrogen and oxygen atoms in total. The molecule has 39 heavy (non-hydrogen) atoms. The molecule has 204 valence electrons. The molecule has 0 unspecified atom stereocenters. The minimum absolute atomic E-state index is 0.0289. The van der Waals surface area contributed by atoms with Crippen LogP contribution in [0.15, 0.2) is 78.2 Å². The molecule has 0 aromatic heterocycles. The van der Waals surface area contributed by atoms with Crippen LogP contribution in [0.1, 0.15) is 10.4 Å². The van der Waals surface area contributed by atoms with Gasteiger partial charge in [-0.15, -0.1) is 6.58 Å². The molecule has 14 heteroatoms. The van der Waals surface area contributed by atoms with E-state index in [4.69, 9.17) is 32.7 Å². The Hall–Kier alpha value is -4.13. The highest BCUT2D eigenvalue weighted by Crippen LogP contribution is 2.31. The fourth-order valence-corrected chi connectivity index (χ4v) is 5.38. The van der Waals surface area contributed by atoms with Crippen molar-refractivity contribution in [1.82, 2.24) is 0 Å². The first-order chi connectivity index (χ1) is 18.5. The van der Waals surface area contributed by atoms with E-state index in [9.17, 15) is 28.1 Å². The van der Waals surface area contributed by atoms with E-state index in [1.165, 1.54) is 61.7 Å². The standard InChI is InChI=1S/C25H21Cl2N3O8S/c1-3-12-29(18-7-5-17(26)6-8-18)39(35,36)23-13-16(4-10-20(23)27)25(32)38-15-24(31)28-21-11-9-19(30(33)34)14-22(21)37-2/h3-11,13-14H,1,12,15H2,2H3,(H,28,31). The van der Waals surface area contributed by atoms with Crippen LogP contribution < -0.4 is 14.4 Å². The SMILES string of the molecule is C=CCN(c1ccc(Cl)cc1)S(=O)(=O)c1cc(C(=O)OCC(=O)Nc2ccc([N+](=O)[O-])cc2OC)ccc1Cl. The Bertz CT molecular complexity index is 1530. The zero-order chi connectivity index (χ0) is 28.7. The Labute approximate surface area is 233 Å². The van der Waals surface area contributed by atoms with Gasteiger partial charge in [-0.3, -0.25) is 19.2 Å². The summed E-state index contributed by atoms with van der Waals surface area (Å²) in [5.74, 6) is -1.73. The topological polar surface area (TPSA) is 145 Å². The van der Waals surface area contributed by atoms with E-state index in [-0.39, 0.29) is 39.2 Å². The summed E-state index contributed by atoms with van der Waals surface area (Å²) in [5.41, 5.74) is -0.00365. The van der Waals surface area contributed by atoms with Gasteiger partial charge in [0.1, 0.15) is 10.6 Å². The number of esters is 1.